The Hall–Kier alpha value is -1.73. The lowest BCUT2D eigenvalue weighted by Crippen LogP contribution is -2.26. The molecule has 0 fully saturated rings. The van der Waals surface area contributed by atoms with Crippen LogP contribution in [0.25, 0.3) is 5.76 Å². The third kappa shape index (κ3) is 2.78. The third-order valence-corrected chi connectivity index (χ3v) is 3.90. The lowest BCUT2D eigenvalue weighted by atomic mass is 10.0. The van der Waals surface area contributed by atoms with Gasteiger partial charge in [0.05, 0.1) is 29.3 Å². The molecule has 1 aliphatic heterocycles. The summed E-state index contributed by atoms with van der Waals surface area (Å²) in [5.74, 6) is -1.85. The van der Waals surface area contributed by atoms with Gasteiger partial charge in [-0.3, -0.25) is 4.79 Å². The van der Waals surface area contributed by atoms with Crippen molar-refractivity contribution in [2.24, 2.45) is 0 Å². The van der Waals surface area contributed by atoms with Crippen molar-refractivity contribution < 1.29 is 28.9 Å². The zero-order chi connectivity index (χ0) is 16.4. The second kappa shape index (κ2) is 6.58. The number of aliphatic hydroxyl groups excluding tert-OH is 1. The van der Waals surface area contributed by atoms with Crippen LogP contribution in [0.15, 0.2) is 16.1 Å². The highest BCUT2D eigenvalue weighted by molar-refractivity contribution is 9.10. The monoisotopic (exact) mass is 390 g/mol. The Kier molecular flexibility index (Phi) is 4.97. The fraction of sp³-hybridized carbons (Fsp3) is 0.286. The van der Waals surface area contributed by atoms with E-state index in [1.54, 1.807) is 6.92 Å². The first kappa shape index (κ1) is 16.6. The summed E-state index contributed by atoms with van der Waals surface area (Å²) in [6, 6.07) is 1.49. The molecule has 6 nitrogen and oxygen atoms in total. The van der Waals surface area contributed by atoms with Crippen LogP contribution in [0.1, 0.15) is 12.5 Å². The zero-order valence-electron chi connectivity index (χ0n) is 11.7. The highest BCUT2D eigenvalue weighted by atomic mass is 79.9. The van der Waals surface area contributed by atoms with Crippen LogP contribution in [0.3, 0.4) is 0 Å². The summed E-state index contributed by atoms with van der Waals surface area (Å²) in [6.45, 7) is 1.35. The van der Waals surface area contributed by atoms with E-state index in [0.29, 0.717) is 10.2 Å². The topological polar surface area (TPSA) is 82.1 Å². The normalized spacial score (nSPS) is 13.3. The number of aliphatic hydroxyl groups is 1. The summed E-state index contributed by atoms with van der Waals surface area (Å²) in [4.78, 5) is 23.5. The molecular weight excluding hydrogens is 380 g/mol. The van der Waals surface area contributed by atoms with Crippen LogP contribution >= 0.6 is 27.5 Å². The van der Waals surface area contributed by atoms with Gasteiger partial charge >= 0.3 is 5.97 Å². The van der Waals surface area contributed by atoms with Crippen LogP contribution in [0.4, 0.5) is 0 Å². The molecule has 0 saturated carbocycles. The van der Waals surface area contributed by atoms with E-state index in [-0.39, 0.29) is 40.9 Å². The Morgan fingerprint density at radius 3 is 2.77 bits per heavy atom. The summed E-state index contributed by atoms with van der Waals surface area (Å²) >= 11 is 9.40. The molecule has 1 heterocycles. The molecular formula is C14H12BrClO6. The van der Waals surface area contributed by atoms with E-state index in [2.05, 4.69) is 20.7 Å². The van der Waals surface area contributed by atoms with E-state index in [1.807, 2.05) is 0 Å². The van der Waals surface area contributed by atoms with Crippen molar-refractivity contribution in [3.05, 3.63) is 26.7 Å². The molecule has 0 aromatic heterocycles. The number of esters is 1. The Morgan fingerprint density at radius 2 is 2.18 bits per heavy atom. The molecule has 0 unspecified atom stereocenters. The second-order valence-electron chi connectivity index (χ2n) is 4.25. The first-order valence-electron chi connectivity index (χ1n) is 6.25. The van der Waals surface area contributed by atoms with Crippen molar-refractivity contribution in [1.82, 2.24) is 0 Å². The number of benzene rings is 1. The maximum absolute atomic E-state index is 12.0. The molecule has 0 radical (unpaired) electrons. The van der Waals surface area contributed by atoms with E-state index < -0.39 is 11.8 Å². The molecule has 0 bridgehead atoms. The van der Waals surface area contributed by atoms with Gasteiger partial charge in [-0.25, -0.2) is 4.79 Å². The van der Waals surface area contributed by atoms with Crippen LogP contribution in [0, 0.1) is 0 Å². The van der Waals surface area contributed by atoms with Gasteiger partial charge in [-0.1, -0.05) is 11.6 Å². The number of rotatable bonds is 4. The van der Waals surface area contributed by atoms with Crippen molar-refractivity contribution >= 4 is 45.0 Å². The summed E-state index contributed by atoms with van der Waals surface area (Å²) in [6.07, 6.45) is 0. The molecule has 8 heteroatoms. The number of hydrogen-bond acceptors (Lipinski definition) is 6. The van der Waals surface area contributed by atoms with Gasteiger partial charge in [-0.2, -0.15) is 0 Å². The number of hydrogen-bond donors (Lipinski definition) is 1. The molecule has 1 aromatic carbocycles. The van der Waals surface area contributed by atoms with E-state index in [9.17, 15) is 14.7 Å². The molecule has 0 saturated heterocycles. The number of ketones is 1. The number of carbonyl (C=O) groups excluding carboxylic acids is 2. The van der Waals surface area contributed by atoms with E-state index in [0.717, 1.165) is 0 Å². The SMILES string of the molecule is CCOC(=O)C(=O)C1=C(O)c2cc(Br)c(OC)c(Cl)c2OC1. The van der Waals surface area contributed by atoms with Crippen molar-refractivity contribution in [3.8, 4) is 11.5 Å². The molecule has 0 amide bonds. The quantitative estimate of drug-likeness (QED) is 0.628. The highest BCUT2D eigenvalue weighted by Crippen LogP contribution is 2.46. The molecule has 1 N–H and O–H groups in total. The third-order valence-electron chi connectivity index (χ3n) is 2.97. The smallest absolute Gasteiger partial charge is 0.379 e. The van der Waals surface area contributed by atoms with Gasteiger partial charge in [0, 0.05) is 0 Å². The first-order chi connectivity index (χ1) is 10.4. The minimum atomic E-state index is -1.05. The fourth-order valence-corrected chi connectivity index (χ4v) is 2.99. The van der Waals surface area contributed by atoms with E-state index >= 15 is 0 Å². The van der Waals surface area contributed by atoms with Gasteiger partial charge < -0.3 is 19.3 Å². The van der Waals surface area contributed by atoms with E-state index in [4.69, 9.17) is 21.1 Å². The molecule has 1 aliphatic rings. The summed E-state index contributed by atoms with van der Waals surface area (Å²) in [5.41, 5.74) is 0.00987. The average molecular weight is 392 g/mol. The summed E-state index contributed by atoms with van der Waals surface area (Å²) in [7, 11) is 1.44. The maximum Gasteiger partial charge on any atom is 0.379 e. The Labute approximate surface area is 139 Å². The largest absolute Gasteiger partial charge is 0.507 e. The maximum atomic E-state index is 12.0. The van der Waals surface area contributed by atoms with Crippen molar-refractivity contribution in [1.29, 1.82) is 0 Å². The zero-order valence-corrected chi connectivity index (χ0v) is 14.1. The van der Waals surface area contributed by atoms with Crippen molar-refractivity contribution in [2.75, 3.05) is 20.3 Å². The molecule has 22 heavy (non-hydrogen) atoms. The Bertz CT molecular complexity index is 682. The van der Waals surface area contributed by atoms with Crippen LogP contribution < -0.4 is 9.47 Å². The first-order valence-corrected chi connectivity index (χ1v) is 7.42. The van der Waals surface area contributed by atoms with Crippen LogP contribution in [0.2, 0.25) is 5.02 Å². The molecule has 0 spiro atoms. The van der Waals surface area contributed by atoms with Crippen molar-refractivity contribution in [3.63, 3.8) is 0 Å². The predicted octanol–water partition coefficient (Wildman–Crippen LogP) is 2.90. The molecule has 118 valence electrons. The van der Waals surface area contributed by atoms with Gasteiger partial charge in [-0.15, -0.1) is 0 Å². The van der Waals surface area contributed by atoms with Gasteiger partial charge in [0.1, 0.15) is 17.4 Å². The Balaban J connectivity index is 2.52. The molecule has 0 aliphatic carbocycles. The van der Waals surface area contributed by atoms with Crippen LogP contribution in [-0.2, 0) is 14.3 Å². The average Bonchev–Trinajstić information content (AvgIpc) is 2.48. The standard InChI is InChI=1S/C14H12BrClO6/c1-3-21-14(19)11(18)7-5-22-12-6(10(7)17)4-8(15)13(20-2)9(12)16/h4,17H,3,5H2,1-2H3. The summed E-state index contributed by atoms with van der Waals surface area (Å²) in [5, 5.41) is 10.4. The number of Topliss-reactive ketones (excluding diaryl/α,β-unsaturated/α-hetero) is 1. The van der Waals surface area contributed by atoms with Gasteiger partial charge in [0.15, 0.2) is 11.5 Å². The summed E-state index contributed by atoms with van der Waals surface area (Å²) < 4.78 is 15.6. The number of ether oxygens (including phenoxy) is 3. The number of carbonyl (C=O) groups is 2. The van der Waals surface area contributed by atoms with Crippen LogP contribution in [-0.4, -0.2) is 37.2 Å². The minimum absolute atomic E-state index is 0.0602. The number of fused-ring (bicyclic) bond motifs is 1. The van der Waals surface area contributed by atoms with E-state index in [1.165, 1.54) is 13.2 Å². The molecule has 2 rings (SSSR count). The highest BCUT2D eigenvalue weighted by Gasteiger charge is 2.32. The van der Waals surface area contributed by atoms with Gasteiger partial charge in [-0.05, 0) is 28.9 Å². The minimum Gasteiger partial charge on any atom is -0.507 e. The second-order valence-corrected chi connectivity index (χ2v) is 5.48. The van der Waals surface area contributed by atoms with Gasteiger partial charge in [0.25, 0.3) is 5.78 Å². The number of methoxy groups -OCH3 is 1. The molecule has 1 aromatic rings. The fourth-order valence-electron chi connectivity index (χ4n) is 1.96. The predicted molar refractivity (Wildman–Crippen MR) is 82.4 cm³/mol. The van der Waals surface area contributed by atoms with Crippen molar-refractivity contribution in [2.45, 2.75) is 6.92 Å². The van der Waals surface area contributed by atoms with Gasteiger partial charge in [0.2, 0.25) is 0 Å². The lowest BCUT2D eigenvalue weighted by Gasteiger charge is -2.22. The lowest BCUT2D eigenvalue weighted by molar-refractivity contribution is -0.152. The van der Waals surface area contributed by atoms with Crippen LogP contribution in [0.5, 0.6) is 11.5 Å². The Morgan fingerprint density at radius 1 is 1.50 bits per heavy atom. The number of halogens is 2. The molecule has 0 atom stereocenters.